The second-order valence-electron chi connectivity index (χ2n) is 7.54. The molecule has 0 radical (unpaired) electrons. The van der Waals surface area contributed by atoms with Gasteiger partial charge in [0.05, 0.1) is 30.7 Å². The molecule has 1 heterocycles. The number of ether oxygens (including phenoxy) is 2. The number of esters is 1. The van der Waals surface area contributed by atoms with Crippen molar-refractivity contribution in [1.29, 1.82) is 0 Å². The number of nitrogens with zero attached hydrogens (tertiary/aromatic N) is 2. The Morgan fingerprint density at radius 3 is 2.53 bits per heavy atom. The zero-order chi connectivity index (χ0) is 23.7. The zero-order valence-electron chi connectivity index (χ0n) is 17.6. The number of aryl methyl sites for hydroxylation is 1. The Bertz CT molecular complexity index is 1050. The molecule has 0 spiro atoms. The number of carbonyl (C=O) groups is 1. The Morgan fingerprint density at radius 1 is 1.28 bits per heavy atom. The summed E-state index contributed by atoms with van der Waals surface area (Å²) < 4.78 is 64.7. The quantitative estimate of drug-likeness (QED) is 0.241. The van der Waals surface area contributed by atoms with Gasteiger partial charge in [0, 0.05) is 24.2 Å². The minimum absolute atomic E-state index is 0.0626. The smallest absolute Gasteiger partial charge is 0.416 e. The molecule has 0 aromatic heterocycles. The van der Waals surface area contributed by atoms with Crippen LogP contribution in [0.5, 0.6) is 0 Å². The van der Waals surface area contributed by atoms with E-state index in [2.05, 4.69) is 4.99 Å². The topological polar surface area (TPSA) is 51.1 Å². The van der Waals surface area contributed by atoms with Gasteiger partial charge >= 0.3 is 12.1 Å². The van der Waals surface area contributed by atoms with Gasteiger partial charge in [0.15, 0.2) is 5.60 Å². The van der Waals surface area contributed by atoms with Gasteiger partial charge in [-0.1, -0.05) is 11.6 Å². The van der Waals surface area contributed by atoms with Crippen molar-refractivity contribution in [3.8, 4) is 0 Å². The van der Waals surface area contributed by atoms with Gasteiger partial charge in [0.2, 0.25) is 0 Å². The van der Waals surface area contributed by atoms with Gasteiger partial charge in [-0.25, -0.2) is 14.2 Å². The first kappa shape index (κ1) is 24.0. The number of rotatable bonds is 6. The number of carbonyl (C=O) groups excluding carboxylic acids is 1. The van der Waals surface area contributed by atoms with Gasteiger partial charge in [0.1, 0.15) is 11.5 Å². The summed E-state index contributed by atoms with van der Waals surface area (Å²) in [6.07, 6.45) is -3.18. The molecule has 0 saturated carbocycles. The third-order valence-electron chi connectivity index (χ3n) is 5.10. The lowest BCUT2D eigenvalue weighted by atomic mass is 9.87. The Kier molecular flexibility index (Phi) is 6.80. The summed E-state index contributed by atoms with van der Waals surface area (Å²) in [5, 5.41) is -0.257. The lowest BCUT2D eigenvalue weighted by molar-refractivity contribution is -0.187. The van der Waals surface area contributed by atoms with Crippen LogP contribution in [-0.2, 0) is 21.3 Å². The monoisotopic (exact) mass is 472 g/mol. The summed E-state index contributed by atoms with van der Waals surface area (Å²) in [4.78, 5) is 18.6. The molecule has 1 aliphatic heterocycles. The van der Waals surface area contributed by atoms with Crippen molar-refractivity contribution in [2.45, 2.75) is 25.6 Å². The van der Waals surface area contributed by atoms with Crippen molar-refractivity contribution in [2.24, 2.45) is 4.99 Å². The number of alkyl halides is 3. The highest BCUT2D eigenvalue weighted by Crippen LogP contribution is 2.39. The fourth-order valence-electron chi connectivity index (χ4n) is 3.16. The highest BCUT2D eigenvalue weighted by Gasteiger charge is 2.46. The average molecular weight is 473 g/mol. The van der Waals surface area contributed by atoms with Crippen LogP contribution in [0, 0.1) is 12.7 Å². The van der Waals surface area contributed by atoms with Gasteiger partial charge < -0.3 is 14.4 Å². The van der Waals surface area contributed by atoms with Crippen molar-refractivity contribution in [1.82, 2.24) is 4.90 Å². The van der Waals surface area contributed by atoms with E-state index in [1.165, 1.54) is 18.5 Å². The van der Waals surface area contributed by atoms with Gasteiger partial charge in [-0.2, -0.15) is 13.2 Å². The predicted molar refractivity (Wildman–Crippen MR) is 112 cm³/mol. The maximum atomic E-state index is 14.7. The van der Waals surface area contributed by atoms with E-state index in [4.69, 9.17) is 21.1 Å². The summed E-state index contributed by atoms with van der Waals surface area (Å²) in [5.74, 6) is -1.65. The van der Waals surface area contributed by atoms with Crippen LogP contribution in [0.2, 0.25) is 5.02 Å². The molecule has 0 atom stereocenters. The van der Waals surface area contributed by atoms with Crippen LogP contribution in [0.4, 0.5) is 23.2 Å². The fraction of sp³-hybridized carbons (Fsp3) is 0.364. The van der Waals surface area contributed by atoms with E-state index >= 15 is 0 Å². The fourth-order valence-corrected chi connectivity index (χ4v) is 3.40. The summed E-state index contributed by atoms with van der Waals surface area (Å²) in [7, 11) is 1.79. The molecule has 2 aromatic carbocycles. The third kappa shape index (κ3) is 5.05. The van der Waals surface area contributed by atoms with Gasteiger partial charge in [-0.3, -0.25) is 0 Å². The Hall–Kier alpha value is -2.65. The number of halogens is 5. The maximum Gasteiger partial charge on any atom is 0.416 e. The second-order valence-corrected chi connectivity index (χ2v) is 7.98. The second kappa shape index (κ2) is 9.07. The van der Waals surface area contributed by atoms with Crippen LogP contribution in [0.15, 0.2) is 35.3 Å². The van der Waals surface area contributed by atoms with Crippen molar-refractivity contribution in [3.63, 3.8) is 0 Å². The molecule has 172 valence electrons. The van der Waals surface area contributed by atoms with Gasteiger partial charge in [-0.05, 0) is 49.7 Å². The molecule has 2 aromatic rings. The van der Waals surface area contributed by atoms with Crippen LogP contribution in [0.25, 0.3) is 0 Å². The van der Waals surface area contributed by atoms with Crippen molar-refractivity contribution >= 4 is 29.6 Å². The summed E-state index contributed by atoms with van der Waals surface area (Å²) in [6.45, 7) is 4.19. The standard InChI is InChI=1S/C22H21ClF4N2O3/c1-4-29(3)12-28-19-5-13(2)17(9-18(19)24)21(10-31-11-21)32-20(30)14-6-15(22(25,26)27)8-16(23)7-14/h5-9,12H,4,10-11H2,1-3H3. The predicted octanol–water partition coefficient (Wildman–Crippen LogP) is 5.50. The first-order chi connectivity index (χ1) is 14.9. The molecule has 32 heavy (non-hydrogen) atoms. The molecule has 1 saturated heterocycles. The summed E-state index contributed by atoms with van der Waals surface area (Å²) in [5.41, 5.74) is -1.70. The van der Waals surface area contributed by atoms with E-state index in [0.29, 0.717) is 23.7 Å². The van der Waals surface area contributed by atoms with Crippen molar-refractivity contribution in [2.75, 3.05) is 26.8 Å². The molecule has 1 aliphatic rings. The van der Waals surface area contributed by atoms with E-state index in [0.717, 1.165) is 12.1 Å². The Morgan fingerprint density at radius 2 is 1.97 bits per heavy atom. The normalized spacial score (nSPS) is 15.5. The molecule has 0 N–H and O–H groups in total. The molecule has 3 rings (SSSR count). The number of hydrogen-bond acceptors (Lipinski definition) is 4. The van der Waals surface area contributed by atoms with E-state index in [1.807, 2.05) is 6.92 Å². The average Bonchev–Trinajstić information content (AvgIpc) is 2.69. The first-order valence-corrected chi connectivity index (χ1v) is 10.1. The van der Waals surface area contributed by atoms with E-state index in [9.17, 15) is 22.4 Å². The summed E-state index contributed by atoms with van der Waals surface area (Å²) in [6, 6.07) is 5.19. The number of hydrogen-bond donors (Lipinski definition) is 0. The van der Waals surface area contributed by atoms with Crippen LogP contribution in [-0.4, -0.2) is 44.0 Å². The Balaban J connectivity index is 1.91. The largest absolute Gasteiger partial charge is 0.446 e. The molecule has 10 heteroatoms. The van der Waals surface area contributed by atoms with Gasteiger partial charge in [0.25, 0.3) is 0 Å². The highest BCUT2D eigenvalue weighted by atomic mass is 35.5. The number of aliphatic imine (C=N–C) groups is 1. The Labute approximate surface area is 187 Å². The highest BCUT2D eigenvalue weighted by molar-refractivity contribution is 6.31. The van der Waals surface area contributed by atoms with Crippen molar-refractivity contribution in [3.05, 3.63) is 63.4 Å². The minimum atomic E-state index is -4.68. The van der Waals surface area contributed by atoms with E-state index in [1.54, 1.807) is 18.9 Å². The van der Waals surface area contributed by atoms with Gasteiger partial charge in [-0.15, -0.1) is 0 Å². The lowest BCUT2D eigenvalue weighted by Crippen LogP contribution is -2.50. The maximum absolute atomic E-state index is 14.7. The van der Waals surface area contributed by atoms with Crippen LogP contribution >= 0.6 is 11.6 Å². The first-order valence-electron chi connectivity index (χ1n) is 9.69. The van der Waals surface area contributed by atoms with E-state index in [-0.39, 0.29) is 29.5 Å². The van der Waals surface area contributed by atoms with Crippen molar-refractivity contribution < 1.29 is 31.8 Å². The molecular weight excluding hydrogens is 452 g/mol. The molecule has 0 amide bonds. The molecule has 0 bridgehead atoms. The molecule has 0 unspecified atom stereocenters. The SMILES string of the molecule is CCN(C)C=Nc1cc(C)c(C2(OC(=O)c3cc(Cl)cc(C(F)(F)F)c3)COC2)cc1F. The summed E-state index contributed by atoms with van der Waals surface area (Å²) >= 11 is 5.76. The molecule has 1 fully saturated rings. The zero-order valence-corrected chi connectivity index (χ0v) is 18.4. The lowest BCUT2D eigenvalue weighted by Gasteiger charge is -2.41. The van der Waals surface area contributed by atoms with Crippen LogP contribution < -0.4 is 0 Å². The third-order valence-corrected chi connectivity index (χ3v) is 5.31. The molecular formula is C22H21ClF4N2O3. The number of benzene rings is 2. The van der Waals surface area contributed by atoms with E-state index < -0.39 is 29.1 Å². The van der Waals surface area contributed by atoms with Crippen LogP contribution in [0.1, 0.15) is 34.0 Å². The molecule has 5 nitrogen and oxygen atoms in total. The van der Waals surface area contributed by atoms with Crippen LogP contribution in [0.3, 0.4) is 0 Å². The minimum Gasteiger partial charge on any atom is -0.446 e. The molecule has 0 aliphatic carbocycles.